The Kier molecular flexibility index (Phi) is 5.21. The standard InChI is InChI=1S/C16H20ClFN2/c1-3-9-19-12(2)15-8-5-10-20(15)11-13-6-4-7-14(18)16(13)17/h4-8,10,12,19H,3,9,11H2,1-2H3. The highest BCUT2D eigenvalue weighted by molar-refractivity contribution is 6.31. The van der Waals surface area contributed by atoms with Crippen LogP contribution < -0.4 is 5.32 Å². The van der Waals surface area contributed by atoms with E-state index in [0.29, 0.717) is 6.54 Å². The summed E-state index contributed by atoms with van der Waals surface area (Å²) in [5.41, 5.74) is 1.98. The number of benzene rings is 1. The lowest BCUT2D eigenvalue weighted by Gasteiger charge is -2.17. The topological polar surface area (TPSA) is 17.0 Å². The van der Waals surface area contributed by atoms with Gasteiger partial charge in [-0.1, -0.05) is 30.7 Å². The van der Waals surface area contributed by atoms with Crippen LogP contribution in [0.15, 0.2) is 36.5 Å². The molecular formula is C16H20ClFN2. The maximum atomic E-state index is 13.5. The molecule has 0 spiro atoms. The van der Waals surface area contributed by atoms with E-state index in [-0.39, 0.29) is 16.9 Å². The summed E-state index contributed by atoms with van der Waals surface area (Å²) in [6.45, 7) is 5.84. The maximum Gasteiger partial charge on any atom is 0.142 e. The van der Waals surface area contributed by atoms with Crippen molar-refractivity contribution in [2.45, 2.75) is 32.9 Å². The molecule has 0 aliphatic heterocycles. The third kappa shape index (κ3) is 3.41. The highest BCUT2D eigenvalue weighted by Gasteiger charge is 2.11. The molecule has 1 aromatic carbocycles. The zero-order valence-corrected chi connectivity index (χ0v) is 12.6. The molecule has 2 nitrogen and oxygen atoms in total. The Hall–Kier alpha value is -1.32. The maximum absolute atomic E-state index is 13.5. The number of nitrogens with one attached hydrogen (secondary N) is 1. The second-order valence-corrected chi connectivity index (χ2v) is 5.33. The van der Waals surface area contributed by atoms with Crippen LogP contribution in [0.25, 0.3) is 0 Å². The molecule has 0 bridgehead atoms. The van der Waals surface area contributed by atoms with E-state index in [1.165, 1.54) is 11.8 Å². The lowest BCUT2D eigenvalue weighted by atomic mass is 10.2. The van der Waals surface area contributed by atoms with Gasteiger partial charge in [0.2, 0.25) is 0 Å². The largest absolute Gasteiger partial charge is 0.346 e. The van der Waals surface area contributed by atoms with Gasteiger partial charge < -0.3 is 9.88 Å². The van der Waals surface area contributed by atoms with E-state index in [0.717, 1.165) is 18.5 Å². The first kappa shape index (κ1) is 15.1. The van der Waals surface area contributed by atoms with Crippen LogP contribution in [0, 0.1) is 5.82 Å². The van der Waals surface area contributed by atoms with Gasteiger partial charge >= 0.3 is 0 Å². The first-order valence-corrected chi connectivity index (χ1v) is 7.32. The van der Waals surface area contributed by atoms with E-state index < -0.39 is 0 Å². The second-order valence-electron chi connectivity index (χ2n) is 4.95. The average Bonchev–Trinajstić information content (AvgIpc) is 2.89. The van der Waals surface area contributed by atoms with Crippen molar-refractivity contribution in [3.05, 3.63) is 58.6 Å². The number of nitrogens with zero attached hydrogens (tertiary/aromatic N) is 1. The summed E-state index contributed by atoms with van der Waals surface area (Å²) in [5, 5.41) is 3.67. The zero-order chi connectivity index (χ0) is 14.5. The lowest BCUT2D eigenvalue weighted by molar-refractivity contribution is 0.534. The van der Waals surface area contributed by atoms with Gasteiger partial charge in [0.25, 0.3) is 0 Å². The molecule has 2 rings (SSSR count). The van der Waals surface area contributed by atoms with Gasteiger partial charge in [-0.05, 0) is 43.7 Å². The van der Waals surface area contributed by atoms with Crippen LogP contribution in [0.4, 0.5) is 4.39 Å². The molecule has 0 amide bonds. The summed E-state index contributed by atoms with van der Waals surface area (Å²) in [6, 6.07) is 9.29. The van der Waals surface area contributed by atoms with Gasteiger partial charge in [-0.15, -0.1) is 0 Å². The number of aromatic nitrogens is 1. The van der Waals surface area contributed by atoms with Crippen molar-refractivity contribution in [2.24, 2.45) is 0 Å². The van der Waals surface area contributed by atoms with Crippen LogP contribution in [0.1, 0.15) is 37.6 Å². The van der Waals surface area contributed by atoms with Gasteiger partial charge in [0.05, 0.1) is 5.02 Å². The number of hydrogen-bond acceptors (Lipinski definition) is 1. The summed E-state index contributed by atoms with van der Waals surface area (Å²) >= 11 is 6.02. The van der Waals surface area contributed by atoms with Crippen molar-refractivity contribution < 1.29 is 4.39 Å². The molecule has 0 aliphatic rings. The van der Waals surface area contributed by atoms with Gasteiger partial charge in [0.1, 0.15) is 5.82 Å². The molecule has 4 heteroatoms. The summed E-state index contributed by atoms with van der Waals surface area (Å²) in [4.78, 5) is 0. The van der Waals surface area contributed by atoms with Crippen LogP contribution in [0.2, 0.25) is 5.02 Å². The van der Waals surface area contributed by atoms with Gasteiger partial charge in [-0.3, -0.25) is 0 Å². The van der Waals surface area contributed by atoms with Crippen LogP contribution in [-0.4, -0.2) is 11.1 Å². The van der Waals surface area contributed by atoms with Crippen molar-refractivity contribution >= 4 is 11.6 Å². The van der Waals surface area contributed by atoms with Gasteiger partial charge in [0.15, 0.2) is 0 Å². The van der Waals surface area contributed by atoms with E-state index in [4.69, 9.17) is 11.6 Å². The first-order valence-electron chi connectivity index (χ1n) is 6.94. The predicted molar refractivity (Wildman–Crippen MR) is 81.7 cm³/mol. The molecule has 20 heavy (non-hydrogen) atoms. The molecule has 0 radical (unpaired) electrons. The number of rotatable bonds is 6. The van der Waals surface area contributed by atoms with Gasteiger partial charge in [-0.25, -0.2) is 4.39 Å². The monoisotopic (exact) mass is 294 g/mol. The van der Waals surface area contributed by atoms with Crippen molar-refractivity contribution in [3.63, 3.8) is 0 Å². The van der Waals surface area contributed by atoms with Crippen LogP contribution in [0.5, 0.6) is 0 Å². The smallest absolute Gasteiger partial charge is 0.142 e. The molecule has 0 fully saturated rings. The van der Waals surface area contributed by atoms with Crippen molar-refractivity contribution in [2.75, 3.05) is 6.54 Å². The van der Waals surface area contributed by atoms with Crippen LogP contribution in [-0.2, 0) is 6.54 Å². The Balaban J connectivity index is 2.18. The predicted octanol–water partition coefficient (Wildman–Crippen LogP) is 4.39. The fourth-order valence-electron chi connectivity index (χ4n) is 2.28. The molecule has 1 unspecified atom stereocenters. The second kappa shape index (κ2) is 6.91. The van der Waals surface area contributed by atoms with E-state index in [1.54, 1.807) is 6.07 Å². The molecule has 1 aromatic heterocycles. The third-order valence-corrected chi connectivity index (χ3v) is 3.80. The molecule has 1 heterocycles. The van der Waals surface area contributed by atoms with Crippen LogP contribution in [0.3, 0.4) is 0 Å². The van der Waals surface area contributed by atoms with E-state index in [9.17, 15) is 4.39 Å². The lowest BCUT2D eigenvalue weighted by Crippen LogP contribution is -2.22. The molecule has 1 N–H and O–H groups in total. The molecule has 2 aromatic rings. The molecule has 108 valence electrons. The molecular weight excluding hydrogens is 275 g/mol. The Morgan fingerprint density at radius 1 is 1.30 bits per heavy atom. The van der Waals surface area contributed by atoms with E-state index in [1.807, 2.05) is 18.3 Å². The minimum Gasteiger partial charge on any atom is -0.346 e. The molecule has 0 saturated heterocycles. The Morgan fingerprint density at radius 3 is 2.85 bits per heavy atom. The third-order valence-electron chi connectivity index (χ3n) is 3.38. The minimum atomic E-state index is -0.366. The molecule has 1 atom stereocenters. The van der Waals surface area contributed by atoms with Crippen molar-refractivity contribution in [1.29, 1.82) is 0 Å². The van der Waals surface area contributed by atoms with Gasteiger partial charge in [0, 0.05) is 24.5 Å². The fraction of sp³-hybridized carbons (Fsp3) is 0.375. The quantitative estimate of drug-likeness (QED) is 0.836. The summed E-state index contributed by atoms with van der Waals surface area (Å²) in [7, 11) is 0. The highest BCUT2D eigenvalue weighted by Crippen LogP contribution is 2.22. The summed E-state index contributed by atoms with van der Waals surface area (Å²) < 4.78 is 15.6. The first-order chi connectivity index (χ1) is 9.63. The van der Waals surface area contributed by atoms with Gasteiger partial charge in [-0.2, -0.15) is 0 Å². The molecule has 0 saturated carbocycles. The summed E-state index contributed by atoms with van der Waals surface area (Å²) in [6.07, 6.45) is 3.10. The number of hydrogen-bond donors (Lipinski definition) is 1. The van der Waals surface area contributed by atoms with Crippen LogP contribution >= 0.6 is 11.6 Å². The number of halogens is 2. The SMILES string of the molecule is CCCNC(C)c1cccn1Cc1cccc(F)c1Cl. The minimum absolute atomic E-state index is 0.210. The molecule has 0 aliphatic carbocycles. The van der Waals surface area contributed by atoms with Crippen molar-refractivity contribution in [1.82, 2.24) is 9.88 Å². The summed E-state index contributed by atoms with van der Waals surface area (Å²) in [5.74, 6) is -0.366. The zero-order valence-electron chi connectivity index (χ0n) is 11.9. The average molecular weight is 295 g/mol. The highest BCUT2D eigenvalue weighted by atomic mass is 35.5. The fourth-order valence-corrected chi connectivity index (χ4v) is 2.47. The Bertz CT molecular complexity index is 565. The Morgan fingerprint density at radius 2 is 2.10 bits per heavy atom. The van der Waals surface area contributed by atoms with E-state index in [2.05, 4.69) is 29.8 Å². The van der Waals surface area contributed by atoms with E-state index >= 15 is 0 Å². The normalized spacial score (nSPS) is 12.6. The van der Waals surface area contributed by atoms with Crippen molar-refractivity contribution in [3.8, 4) is 0 Å². The Labute approximate surface area is 124 Å².